The van der Waals surface area contributed by atoms with Crippen LogP contribution in [0.5, 0.6) is 0 Å². The van der Waals surface area contributed by atoms with Crippen LogP contribution in [0.2, 0.25) is 0 Å². The third kappa shape index (κ3) is 3.34. The number of rotatable bonds is 1. The number of hydrogen-bond acceptors (Lipinski definition) is 3. The lowest BCUT2D eigenvalue weighted by atomic mass is 10.2. The monoisotopic (exact) mass is 261 g/mol. The third-order valence-corrected chi connectivity index (χ3v) is 3.41. The lowest BCUT2D eigenvalue weighted by Crippen LogP contribution is -1.90. The van der Waals surface area contributed by atoms with E-state index in [9.17, 15) is 8.42 Å². The summed E-state index contributed by atoms with van der Waals surface area (Å²) in [5.74, 6) is 0. The van der Waals surface area contributed by atoms with Gasteiger partial charge in [0.15, 0.2) is 10.7 Å². The van der Waals surface area contributed by atoms with Crippen LogP contribution in [0, 0.1) is 0 Å². The maximum Gasteiger partial charge on any atom is 0.168 e. The van der Waals surface area contributed by atoms with Crippen LogP contribution in [0.4, 0.5) is 5.69 Å². The molecule has 3 rings (SSSR count). The number of anilines is 1. The molecule has 0 radical (unpaired) electrons. The largest absolute Gasteiger partial charge is 0.384 e. The molecule has 0 saturated carbocycles. The molecule has 94 valence electrons. The van der Waals surface area contributed by atoms with Crippen molar-refractivity contribution in [1.82, 2.24) is 0 Å². The molecule has 0 unspecified atom stereocenters. The van der Waals surface area contributed by atoms with Gasteiger partial charge in [0.2, 0.25) is 0 Å². The first-order valence-electron chi connectivity index (χ1n) is 5.78. The molecule has 4 heteroatoms. The van der Waals surface area contributed by atoms with Gasteiger partial charge in [0.1, 0.15) is 0 Å². The Morgan fingerprint density at radius 3 is 2.17 bits per heavy atom. The second-order valence-corrected chi connectivity index (χ2v) is 4.96. The van der Waals surface area contributed by atoms with Gasteiger partial charge in [0.05, 0.1) is 4.90 Å². The highest BCUT2D eigenvalue weighted by Gasteiger charge is 2.05. The lowest BCUT2D eigenvalue weighted by Gasteiger charge is -1.94. The minimum Gasteiger partial charge on any atom is -0.384 e. The van der Waals surface area contributed by atoms with Crippen LogP contribution in [0.3, 0.4) is 0 Å². The zero-order chi connectivity index (χ0) is 12.8. The molecule has 1 aliphatic heterocycles. The van der Waals surface area contributed by atoms with Crippen molar-refractivity contribution in [1.29, 1.82) is 0 Å². The molecule has 3 nitrogen and oxygen atoms in total. The van der Waals surface area contributed by atoms with Crippen molar-refractivity contribution < 1.29 is 8.42 Å². The summed E-state index contributed by atoms with van der Waals surface area (Å²) in [6, 6.07) is 16.8. The normalized spacial score (nSPS) is 12.3. The second-order valence-electron chi connectivity index (χ2n) is 3.93. The molecule has 0 aliphatic carbocycles. The first kappa shape index (κ1) is 12.6. The summed E-state index contributed by atoms with van der Waals surface area (Å²) in [6.45, 7) is 1.11. The van der Waals surface area contributed by atoms with Crippen molar-refractivity contribution in [2.24, 2.45) is 0 Å². The number of hydrogen-bond donors (Lipinski definition) is 2. The molecule has 1 N–H and O–H groups in total. The zero-order valence-corrected chi connectivity index (χ0v) is 10.8. The number of nitrogens with one attached hydrogen (secondary N) is 1. The van der Waals surface area contributed by atoms with Crippen LogP contribution in [0.25, 0.3) is 0 Å². The van der Waals surface area contributed by atoms with Gasteiger partial charge in [-0.3, -0.25) is 0 Å². The van der Waals surface area contributed by atoms with Crippen molar-refractivity contribution in [3.63, 3.8) is 0 Å². The molecule has 1 aliphatic rings. The number of para-hydroxylation sites is 1. The zero-order valence-electron chi connectivity index (χ0n) is 9.87. The van der Waals surface area contributed by atoms with E-state index < -0.39 is 10.7 Å². The summed E-state index contributed by atoms with van der Waals surface area (Å²) in [6.07, 6.45) is 1.19. The van der Waals surface area contributed by atoms with E-state index in [1.54, 1.807) is 30.3 Å². The van der Waals surface area contributed by atoms with E-state index in [0.29, 0.717) is 4.90 Å². The quantitative estimate of drug-likeness (QED) is 0.774. The van der Waals surface area contributed by atoms with Gasteiger partial charge < -0.3 is 5.32 Å². The van der Waals surface area contributed by atoms with Gasteiger partial charge in [0, 0.05) is 12.2 Å². The molecular weight excluding hydrogens is 246 g/mol. The molecule has 18 heavy (non-hydrogen) atoms. The smallest absolute Gasteiger partial charge is 0.168 e. The summed E-state index contributed by atoms with van der Waals surface area (Å²) < 4.78 is 20.5. The summed E-state index contributed by atoms with van der Waals surface area (Å²) in [7, 11) is -2.40. The Hall–Kier alpha value is -1.81. The molecule has 0 spiro atoms. The average Bonchev–Trinajstić information content (AvgIpc) is 2.89. The fourth-order valence-corrected chi connectivity index (χ4v) is 2.21. The van der Waals surface area contributed by atoms with Crippen LogP contribution in [-0.2, 0) is 17.1 Å². The summed E-state index contributed by atoms with van der Waals surface area (Å²) in [4.78, 5) is 0.368. The van der Waals surface area contributed by atoms with Crippen molar-refractivity contribution in [2.75, 3.05) is 11.9 Å². The maximum absolute atomic E-state index is 10.2. The van der Waals surface area contributed by atoms with Crippen LogP contribution >= 0.6 is 0 Å². The van der Waals surface area contributed by atoms with Crippen molar-refractivity contribution in [3.8, 4) is 0 Å². The Kier molecular flexibility index (Phi) is 4.36. The van der Waals surface area contributed by atoms with Gasteiger partial charge in [-0.2, -0.15) is 0 Å². The van der Waals surface area contributed by atoms with E-state index in [0.717, 1.165) is 6.54 Å². The van der Waals surface area contributed by atoms with Gasteiger partial charge in [-0.05, 0) is 30.2 Å². The van der Waals surface area contributed by atoms with E-state index in [2.05, 4.69) is 29.6 Å². The van der Waals surface area contributed by atoms with Gasteiger partial charge in [0.25, 0.3) is 0 Å². The van der Waals surface area contributed by atoms with Crippen molar-refractivity contribution in [3.05, 3.63) is 60.2 Å². The van der Waals surface area contributed by atoms with E-state index in [4.69, 9.17) is 0 Å². The molecule has 0 fully saturated rings. The molecule has 0 aromatic heterocycles. The fourth-order valence-electron chi connectivity index (χ4n) is 1.79. The van der Waals surface area contributed by atoms with Gasteiger partial charge >= 0.3 is 0 Å². The summed E-state index contributed by atoms with van der Waals surface area (Å²) >= 11 is 0. The molecule has 2 aromatic rings. The summed E-state index contributed by atoms with van der Waals surface area (Å²) in [5.41, 5.74) is 2.77. The van der Waals surface area contributed by atoms with Crippen molar-refractivity contribution in [2.45, 2.75) is 11.3 Å². The standard InChI is InChI=1S/C8H9N.C6H6O2S/c1-2-4-8-7(3-1)5-6-9-8;7-9(8)6-4-2-1-3-5-6/h1-4,9H,5-6H2;1-5,9H. The fraction of sp³-hybridized carbons (Fsp3) is 0.143. The Balaban J connectivity index is 0.000000134. The molecule has 2 aromatic carbocycles. The Bertz CT molecular complexity index is 548. The molecule has 0 saturated heterocycles. The summed E-state index contributed by atoms with van der Waals surface area (Å²) in [5, 5.41) is 3.30. The molecule has 0 bridgehead atoms. The van der Waals surface area contributed by atoms with Crippen LogP contribution in [0.15, 0.2) is 59.5 Å². The molecular formula is C14H15NO2S. The first-order valence-corrected chi connectivity index (χ1v) is 6.96. The van der Waals surface area contributed by atoms with Gasteiger partial charge in [-0.25, -0.2) is 8.42 Å². The molecule has 0 atom stereocenters. The van der Waals surface area contributed by atoms with Crippen molar-refractivity contribution >= 4 is 16.4 Å². The highest BCUT2D eigenvalue weighted by atomic mass is 32.2. The minimum atomic E-state index is -2.40. The van der Waals surface area contributed by atoms with E-state index in [-0.39, 0.29) is 0 Å². The predicted molar refractivity (Wildman–Crippen MR) is 73.7 cm³/mol. The lowest BCUT2D eigenvalue weighted by molar-refractivity contribution is 0.614. The minimum absolute atomic E-state index is 0.368. The van der Waals surface area contributed by atoms with E-state index in [1.807, 2.05) is 0 Å². The second kappa shape index (κ2) is 6.21. The van der Waals surface area contributed by atoms with Crippen LogP contribution in [0.1, 0.15) is 5.56 Å². The highest BCUT2D eigenvalue weighted by molar-refractivity contribution is 7.72. The number of thiol groups is 1. The Morgan fingerprint density at radius 2 is 1.56 bits per heavy atom. The van der Waals surface area contributed by atoms with Crippen LogP contribution < -0.4 is 5.32 Å². The van der Waals surface area contributed by atoms with E-state index in [1.165, 1.54) is 17.7 Å². The van der Waals surface area contributed by atoms with Gasteiger partial charge in [-0.15, -0.1) is 0 Å². The predicted octanol–water partition coefficient (Wildman–Crippen LogP) is 2.31. The average molecular weight is 261 g/mol. The topological polar surface area (TPSA) is 46.2 Å². The number of benzene rings is 2. The highest BCUT2D eigenvalue weighted by Crippen LogP contribution is 2.19. The molecule has 1 heterocycles. The molecule has 0 amide bonds. The third-order valence-electron chi connectivity index (χ3n) is 2.69. The maximum atomic E-state index is 10.2. The SMILES string of the molecule is O=[SH](=O)c1ccccc1.c1ccc2c(c1)CCN2. The Morgan fingerprint density at radius 1 is 0.889 bits per heavy atom. The van der Waals surface area contributed by atoms with Gasteiger partial charge in [-0.1, -0.05) is 36.4 Å². The first-order chi connectivity index (χ1) is 8.77. The number of fused-ring (bicyclic) bond motifs is 1. The van der Waals surface area contributed by atoms with E-state index >= 15 is 0 Å². The van der Waals surface area contributed by atoms with Crippen LogP contribution in [-0.4, -0.2) is 15.0 Å². The Labute approximate surface area is 108 Å².